The molecule has 2 saturated carbocycles. The number of hydrazine groups is 1. The molecule has 1 saturated heterocycles. The summed E-state index contributed by atoms with van der Waals surface area (Å²) in [6.45, 7) is 0. The molecule has 6 nitrogen and oxygen atoms in total. The number of imide groups is 1. The van der Waals surface area contributed by atoms with E-state index >= 15 is 0 Å². The zero-order valence-corrected chi connectivity index (χ0v) is 15.0. The van der Waals surface area contributed by atoms with Crippen LogP contribution in [0.3, 0.4) is 0 Å². The lowest BCUT2D eigenvalue weighted by atomic mass is 9.81. The Kier molecular flexibility index (Phi) is 3.57. The SMILES string of the molecule is O=C(NN1C(=O)[C@@H]2[C@H]3C[C@@H]([C@H](Br)[C@H]3Br)[C@@H]2C1=O)c1ccncc1. The summed E-state index contributed by atoms with van der Waals surface area (Å²) in [6, 6.07) is 3.07. The minimum absolute atomic E-state index is 0.133. The molecule has 8 heteroatoms. The fourth-order valence-corrected chi connectivity index (χ4v) is 6.00. The molecule has 0 spiro atoms. The van der Waals surface area contributed by atoms with E-state index in [4.69, 9.17) is 0 Å². The number of halogens is 2. The van der Waals surface area contributed by atoms with Crippen LogP contribution in [-0.4, -0.2) is 37.4 Å². The molecule has 23 heavy (non-hydrogen) atoms. The standard InChI is InChI=1S/C15H13Br2N3O3/c16-11-7-5-8(12(11)17)10-9(7)14(22)20(15(10)23)19-13(21)6-1-3-18-4-2-6/h1-4,7-12H,5H2,(H,19,21)/t7-,8-,9-,10+,11+,12+/m1/s1. The van der Waals surface area contributed by atoms with Gasteiger partial charge in [-0.25, -0.2) is 0 Å². The Bertz CT molecular complexity index is 666. The molecule has 120 valence electrons. The van der Waals surface area contributed by atoms with Crippen LogP contribution >= 0.6 is 31.9 Å². The van der Waals surface area contributed by atoms with Crippen LogP contribution in [0.2, 0.25) is 0 Å². The van der Waals surface area contributed by atoms with Crippen molar-refractivity contribution in [2.45, 2.75) is 16.1 Å². The quantitative estimate of drug-likeness (QED) is 0.556. The Labute approximate surface area is 149 Å². The number of aromatic nitrogens is 1. The number of rotatable bonds is 2. The molecule has 3 aliphatic rings. The van der Waals surface area contributed by atoms with E-state index in [9.17, 15) is 14.4 Å². The Morgan fingerprint density at radius 1 is 1.09 bits per heavy atom. The van der Waals surface area contributed by atoms with Crippen molar-refractivity contribution in [3.05, 3.63) is 30.1 Å². The maximum Gasteiger partial charge on any atom is 0.270 e. The molecular formula is C15H13Br2N3O3. The highest BCUT2D eigenvalue weighted by molar-refractivity contribution is 9.12. The minimum Gasteiger partial charge on any atom is -0.272 e. The van der Waals surface area contributed by atoms with Gasteiger partial charge in [-0.2, -0.15) is 5.01 Å². The van der Waals surface area contributed by atoms with Crippen LogP contribution in [0.15, 0.2) is 24.5 Å². The largest absolute Gasteiger partial charge is 0.272 e. The highest BCUT2D eigenvalue weighted by atomic mass is 79.9. The van der Waals surface area contributed by atoms with Crippen LogP contribution in [0.25, 0.3) is 0 Å². The summed E-state index contributed by atoms with van der Waals surface area (Å²) in [5.41, 5.74) is 2.82. The van der Waals surface area contributed by atoms with Crippen molar-refractivity contribution in [1.29, 1.82) is 0 Å². The Morgan fingerprint density at radius 3 is 2.13 bits per heavy atom. The van der Waals surface area contributed by atoms with Crippen LogP contribution in [0.1, 0.15) is 16.8 Å². The zero-order valence-electron chi connectivity index (χ0n) is 11.9. The number of nitrogens with one attached hydrogen (secondary N) is 1. The van der Waals surface area contributed by atoms with Gasteiger partial charge < -0.3 is 0 Å². The van der Waals surface area contributed by atoms with Crippen molar-refractivity contribution in [3.8, 4) is 0 Å². The zero-order chi connectivity index (χ0) is 16.3. The van der Waals surface area contributed by atoms with Crippen LogP contribution in [-0.2, 0) is 9.59 Å². The van der Waals surface area contributed by atoms with E-state index in [1.165, 1.54) is 24.5 Å². The van der Waals surface area contributed by atoms with Gasteiger partial charge in [-0.15, -0.1) is 0 Å². The maximum absolute atomic E-state index is 12.6. The van der Waals surface area contributed by atoms with Gasteiger partial charge >= 0.3 is 0 Å². The molecule has 1 N–H and O–H groups in total. The first-order valence-electron chi connectivity index (χ1n) is 7.37. The van der Waals surface area contributed by atoms with Crippen molar-refractivity contribution >= 4 is 49.6 Å². The summed E-state index contributed by atoms with van der Waals surface area (Å²) in [7, 11) is 0. The lowest BCUT2D eigenvalue weighted by Gasteiger charge is -2.28. The second-order valence-corrected chi connectivity index (χ2v) is 8.31. The van der Waals surface area contributed by atoms with E-state index in [-0.39, 0.29) is 45.1 Å². The molecule has 6 atom stereocenters. The molecule has 1 aliphatic heterocycles. The average Bonchev–Trinajstić information content (AvgIpc) is 3.16. The van der Waals surface area contributed by atoms with Gasteiger partial charge in [0, 0.05) is 27.6 Å². The number of amides is 3. The van der Waals surface area contributed by atoms with Crippen molar-refractivity contribution < 1.29 is 14.4 Å². The predicted octanol–water partition coefficient (Wildman–Crippen LogP) is 1.50. The lowest BCUT2D eigenvalue weighted by Crippen LogP contribution is -2.47. The van der Waals surface area contributed by atoms with Gasteiger partial charge in [0.25, 0.3) is 17.7 Å². The highest BCUT2D eigenvalue weighted by Crippen LogP contribution is 2.59. The molecule has 0 radical (unpaired) electrons. The maximum atomic E-state index is 12.6. The molecular weight excluding hydrogens is 430 g/mol. The molecule has 0 aromatic carbocycles. The van der Waals surface area contributed by atoms with E-state index in [1.807, 2.05) is 0 Å². The molecule has 4 rings (SSSR count). The topological polar surface area (TPSA) is 79.4 Å². The first-order chi connectivity index (χ1) is 11.0. The normalized spacial score (nSPS) is 38.1. The number of carbonyl (C=O) groups excluding carboxylic acids is 3. The van der Waals surface area contributed by atoms with Crippen LogP contribution in [0.4, 0.5) is 0 Å². The summed E-state index contributed by atoms with van der Waals surface area (Å²) >= 11 is 7.26. The first kappa shape index (κ1) is 15.3. The molecule has 2 heterocycles. The molecule has 2 bridgehead atoms. The van der Waals surface area contributed by atoms with Crippen LogP contribution in [0.5, 0.6) is 0 Å². The number of pyridine rings is 1. The summed E-state index contributed by atoms with van der Waals surface area (Å²) in [6.07, 6.45) is 3.84. The van der Waals surface area contributed by atoms with Gasteiger partial charge in [0.05, 0.1) is 11.8 Å². The number of hydrogen-bond donors (Lipinski definition) is 1. The van der Waals surface area contributed by atoms with E-state index in [0.717, 1.165) is 11.4 Å². The van der Waals surface area contributed by atoms with E-state index in [2.05, 4.69) is 42.3 Å². The van der Waals surface area contributed by atoms with E-state index < -0.39 is 5.91 Å². The highest BCUT2D eigenvalue weighted by Gasteiger charge is 2.66. The van der Waals surface area contributed by atoms with Gasteiger partial charge in [0.2, 0.25) is 0 Å². The van der Waals surface area contributed by atoms with Gasteiger partial charge in [-0.1, -0.05) is 31.9 Å². The number of fused-ring (bicyclic) bond motifs is 5. The number of nitrogens with zero attached hydrogens (tertiary/aromatic N) is 2. The second kappa shape index (κ2) is 5.37. The van der Waals surface area contributed by atoms with Crippen molar-refractivity contribution in [1.82, 2.24) is 15.4 Å². The van der Waals surface area contributed by atoms with Gasteiger partial charge in [0.15, 0.2) is 0 Å². The van der Waals surface area contributed by atoms with Crippen LogP contribution in [0, 0.1) is 23.7 Å². The molecule has 0 unspecified atom stereocenters. The number of hydrogen-bond acceptors (Lipinski definition) is 4. The molecule has 3 fully saturated rings. The summed E-state index contributed by atoms with van der Waals surface area (Å²) in [4.78, 5) is 41.7. The van der Waals surface area contributed by atoms with E-state index in [0.29, 0.717) is 5.56 Å². The summed E-state index contributed by atoms with van der Waals surface area (Å²) in [5.74, 6) is -1.46. The van der Waals surface area contributed by atoms with Crippen molar-refractivity contribution in [3.63, 3.8) is 0 Å². The average molecular weight is 443 g/mol. The minimum atomic E-state index is -0.479. The molecule has 1 aromatic heterocycles. The molecule has 2 aliphatic carbocycles. The lowest BCUT2D eigenvalue weighted by molar-refractivity contribution is -0.143. The molecule has 1 aromatic rings. The summed E-state index contributed by atoms with van der Waals surface area (Å²) in [5, 5.41) is 0.919. The fourth-order valence-electron chi connectivity index (χ4n) is 4.13. The second-order valence-electron chi connectivity index (χ2n) is 6.19. The van der Waals surface area contributed by atoms with Crippen molar-refractivity contribution in [2.75, 3.05) is 0 Å². The number of alkyl halides is 2. The predicted molar refractivity (Wildman–Crippen MR) is 87.6 cm³/mol. The van der Waals surface area contributed by atoms with Gasteiger partial charge in [0.1, 0.15) is 0 Å². The Morgan fingerprint density at radius 2 is 1.61 bits per heavy atom. The third-order valence-electron chi connectivity index (χ3n) is 5.14. The smallest absolute Gasteiger partial charge is 0.270 e. The number of carbonyl (C=O) groups is 3. The van der Waals surface area contributed by atoms with Gasteiger partial charge in [-0.3, -0.25) is 24.8 Å². The van der Waals surface area contributed by atoms with Crippen LogP contribution < -0.4 is 5.43 Å². The molecule has 3 amide bonds. The third-order valence-corrected chi connectivity index (χ3v) is 8.35. The first-order valence-corrected chi connectivity index (χ1v) is 9.21. The monoisotopic (exact) mass is 441 g/mol. The summed E-state index contributed by atoms with van der Waals surface area (Å²) < 4.78 is 0. The van der Waals surface area contributed by atoms with Crippen molar-refractivity contribution in [2.24, 2.45) is 23.7 Å². The Hall–Kier alpha value is -1.28. The van der Waals surface area contributed by atoms with Gasteiger partial charge in [-0.05, 0) is 30.4 Å². The Balaban J connectivity index is 1.57. The van der Waals surface area contributed by atoms with E-state index in [1.54, 1.807) is 0 Å². The fraction of sp³-hybridized carbons (Fsp3) is 0.467. The third kappa shape index (κ3) is 2.11.